The van der Waals surface area contributed by atoms with Gasteiger partial charge in [-0.2, -0.15) is 0 Å². The number of nitrogens with zero attached hydrogens (tertiary/aromatic N) is 1. The van der Waals surface area contributed by atoms with Crippen LogP contribution < -0.4 is 0 Å². The molecule has 2 nitrogen and oxygen atoms in total. The van der Waals surface area contributed by atoms with E-state index in [4.69, 9.17) is 0 Å². The Morgan fingerprint density at radius 3 is 2.50 bits per heavy atom. The SMILES string of the molecule is Cc1ccc([C@H](O)CN2CCC[C@H]2c2ccc(F)cc2)cc1. The van der Waals surface area contributed by atoms with Crippen molar-refractivity contribution in [3.05, 3.63) is 71.0 Å². The van der Waals surface area contributed by atoms with Crippen LogP contribution in [0.4, 0.5) is 4.39 Å². The summed E-state index contributed by atoms with van der Waals surface area (Å²) in [5.41, 5.74) is 3.28. The highest BCUT2D eigenvalue weighted by molar-refractivity contribution is 5.24. The molecule has 0 amide bonds. The van der Waals surface area contributed by atoms with Gasteiger partial charge in [0.1, 0.15) is 5.82 Å². The first-order chi connectivity index (χ1) is 10.6. The van der Waals surface area contributed by atoms with Crippen LogP contribution in [0.2, 0.25) is 0 Å². The summed E-state index contributed by atoms with van der Waals surface area (Å²) in [4.78, 5) is 2.30. The molecule has 1 saturated heterocycles. The molecular weight excluding hydrogens is 277 g/mol. The zero-order valence-electron chi connectivity index (χ0n) is 12.9. The summed E-state index contributed by atoms with van der Waals surface area (Å²) in [6, 6.07) is 15.1. The normalized spacial score (nSPS) is 20.2. The Bertz CT molecular complexity index is 608. The molecule has 0 spiro atoms. The highest BCUT2D eigenvalue weighted by atomic mass is 19.1. The maximum absolute atomic E-state index is 13.1. The van der Waals surface area contributed by atoms with E-state index in [1.54, 1.807) is 0 Å². The fraction of sp³-hybridized carbons (Fsp3) is 0.368. The molecule has 0 radical (unpaired) electrons. The Kier molecular flexibility index (Phi) is 4.55. The van der Waals surface area contributed by atoms with Crippen LogP contribution in [-0.2, 0) is 0 Å². The summed E-state index contributed by atoms with van der Waals surface area (Å²) in [6.07, 6.45) is 1.69. The molecule has 1 aliphatic rings. The number of hydrogen-bond donors (Lipinski definition) is 1. The summed E-state index contributed by atoms with van der Waals surface area (Å²) in [5, 5.41) is 10.5. The van der Waals surface area contributed by atoms with Crippen LogP contribution >= 0.6 is 0 Å². The molecule has 0 aromatic heterocycles. The van der Waals surface area contributed by atoms with E-state index in [1.807, 2.05) is 43.3 Å². The molecule has 1 aliphatic heterocycles. The second-order valence-electron chi connectivity index (χ2n) is 6.13. The van der Waals surface area contributed by atoms with Crippen molar-refractivity contribution in [3.63, 3.8) is 0 Å². The van der Waals surface area contributed by atoms with Crippen molar-refractivity contribution >= 4 is 0 Å². The van der Waals surface area contributed by atoms with Crippen molar-refractivity contribution in [2.75, 3.05) is 13.1 Å². The Balaban J connectivity index is 1.70. The van der Waals surface area contributed by atoms with Gasteiger partial charge in [-0.1, -0.05) is 42.0 Å². The van der Waals surface area contributed by atoms with Crippen LogP contribution in [-0.4, -0.2) is 23.1 Å². The number of hydrogen-bond acceptors (Lipinski definition) is 2. The third-order valence-electron chi connectivity index (χ3n) is 4.49. The van der Waals surface area contributed by atoms with E-state index in [2.05, 4.69) is 4.90 Å². The summed E-state index contributed by atoms with van der Waals surface area (Å²) in [6.45, 7) is 3.64. The summed E-state index contributed by atoms with van der Waals surface area (Å²) >= 11 is 0. The lowest BCUT2D eigenvalue weighted by molar-refractivity contribution is 0.106. The minimum Gasteiger partial charge on any atom is -0.387 e. The van der Waals surface area contributed by atoms with Gasteiger partial charge < -0.3 is 5.11 Å². The van der Waals surface area contributed by atoms with Gasteiger partial charge in [0.15, 0.2) is 0 Å². The van der Waals surface area contributed by atoms with E-state index < -0.39 is 6.10 Å². The Labute approximate surface area is 131 Å². The van der Waals surface area contributed by atoms with E-state index in [-0.39, 0.29) is 11.9 Å². The topological polar surface area (TPSA) is 23.5 Å². The summed E-state index contributed by atoms with van der Waals surface area (Å²) in [5.74, 6) is -0.201. The third kappa shape index (κ3) is 3.37. The minimum absolute atomic E-state index is 0.201. The highest BCUT2D eigenvalue weighted by Crippen LogP contribution is 2.33. The lowest BCUT2D eigenvalue weighted by atomic mass is 10.0. The van der Waals surface area contributed by atoms with Gasteiger partial charge in [0.05, 0.1) is 6.10 Å². The van der Waals surface area contributed by atoms with Gasteiger partial charge in [-0.3, -0.25) is 4.90 Å². The van der Waals surface area contributed by atoms with Gasteiger partial charge >= 0.3 is 0 Å². The van der Waals surface area contributed by atoms with Crippen LogP contribution in [0, 0.1) is 12.7 Å². The number of benzene rings is 2. The largest absolute Gasteiger partial charge is 0.387 e. The van der Waals surface area contributed by atoms with Gasteiger partial charge in [0, 0.05) is 12.6 Å². The molecule has 0 unspecified atom stereocenters. The van der Waals surface area contributed by atoms with Crippen LogP contribution in [0.3, 0.4) is 0 Å². The average molecular weight is 299 g/mol. The second kappa shape index (κ2) is 6.59. The van der Waals surface area contributed by atoms with E-state index in [1.165, 1.54) is 17.7 Å². The van der Waals surface area contributed by atoms with Crippen molar-refractivity contribution in [2.24, 2.45) is 0 Å². The molecule has 0 saturated carbocycles. The molecule has 3 rings (SSSR count). The van der Waals surface area contributed by atoms with Crippen LogP contribution in [0.15, 0.2) is 48.5 Å². The van der Waals surface area contributed by atoms with Gasteiger partial charge in [0.2, 0.25) is 0 Å². The van der Waals surface area contributed by atoms with E-state index in [0.29, 0.717) is 6.54 Å². The van der Waals surface area contributed by atoms with E-state index >= 15 is 0 Å². The monoisotopic (exact) mass is 299 g/mol. The molecule has 3 heteroatoms. The zero-order valence-corrected chi connectivity index (χ0v) is 12.9. The molecule has 22 heavy (non-hydrogen) atoms. The second-order valence-corrected chi connectivity index (χ2v) is 6.13. The number of rotatable bonds is 4. The molecule has 1 N–H and O–H groups in total. The molecule has 2 aromatic rings. The first-order valence-corrected chi connectivity index (χ1v) is 7.87. The zero-order chi connectivity index (χ0) is 15.5. The van der Waals surface area contributed by atoms with Gasteiger partial charge in [-0.25, -0.2) is 4.39 Å². The molecule has 0 aliphatic carbocycles. The lowest BCUT2D eigenvalue weighted by Gasteiger charge is -2.27. The van der Waals surface area contributed by atoms with E-state index in [0.717, 1.165) is 30.5 Å². The summed E-state index contributed by atoms with van der Waals surface area (Å²) < 4.78 is 13.1. The average Bonchev–Trinajstić information content (AvgIpc) is 2.97. The van der Waals surface area contributed by atoms with Crippen molar-refractivity contribution in [1.29, 1.82) is 0 Å². The molecule has 2 aromatic carbocycles. The quantitative estimate of drug-likeness (QED) is 0.922. The molecule has 2 atom stereocenters. The number of aliphatic hydroxyl groups excluding tert-OH is 1. The third-order valence-corrected chi connectivity index (χ3v) is 4.49. The molecule has 116 valence electrons. The van der Waals surface area contributed by atoms with Crippen molar-refractivity contribution in [3.8, 4) is 0 Å². The lowest BCUT2D eigenvalue weighted by Crippen LogP contribution is -2.28. The van der Waals surface area contributed by atoms with Gasteiger partial charge in [-0.05, 0) is 49.6 Å². The Morgan fingerprint density at radius 2 is 1.82 bits per heavy atom. The smallest absolute Gasteiger partial charge is 0.123 e. The fourth-order valence-corrected chi connectivity index (χ4v) is 3.22. The molecule has 1 heterocycles. The van der Waals surface area contributed by atoms with Crippen molar-refractivity contribution < 1.29 is 9.50 Å². The number of β-amino-alcohol motifs (C(OH)–C–C–N with tert-alkyl or cyclic N) is 1. The molecular formula is C19H22FNO. The Morgan fingerprint density at radius 1 is 1.14 bits per heavy atom. The van der Waals surface area contributed by atoms with Gasteiger partial charge in [0.25, 0.3) is 0 Å². The maximum atomic E-state index is 13.1. The first-order valence-electron chi connectivity index (χ1n) is 7.87. The predicted octanol–water partition coefficient (Wildman–Crippen LogP) is 4.00. The highest BCUT2D eigenvalue weighted by Gasteiger charge is 2.27. The van der Waals surface area contributed by atoms with Crippen molar-refractivity contribution in [1.82, 2.24) is 4.90 Å². The molecule has 1 fully saturated rings. The van der Waals surface area contributed by atoms with E-state index in [9.17, 15) is 9.50 Å². The predicted molar refractivity (Wildman–Crippen MR) is 86.1 cm³/mol. The fourth-order valence-electron chi connectivity index (χ4n) is 3.22. The number of aryl methyl sites for hydroxylation is 1. The number of halogens is 1. The minimum atomic E-state index is -0.485. The standard InChI is InChI=1S/C19H22FNO/c1-14-4-6-16(7-5-14)19(22)13-21-12-2-3-18(21)15-8-10-17(20)11-9-15/h4-11,18-19,22H,2-3,12-13H2,1H3/t18-,19+/m0/s1. The van der Waals surface area contributed by atoms with Crippen molar-refractivity contribution in [2.45, 2.75) is 31.9 Å². The maximum Gasteiger partial charge on any atom is 0.123 e. The number of likely N-dealkylation sites (tertiary alicyclic amines) is 1. The Hall–Kier alpha value is -1.71. The van der Waals surface area contributed by atoms with Crippen LogP contribution in [0.25, 0.3) is 0 Å². The first kappa shape index (κ1) is 15.2. The molecule has 0 bridgehead atoms. The summed E-state index contributed by atoms with van der Waals surface area (Å²) in [7, 11) is 0. The van der Waals surface area contributed by atoms with Gasteiger partial charge in [-0.15, -0.1) is 0 Å². The van der Waals surface area contributed by atoms with Crippen LogP contribution in [0.1, 0.15) is 41.7 Å². The van der Waals surface area contributed by atoms with Crippen LogP contribution in [0.5, 0.6) is 0 Å². The number of aliphatic hydroxyl groups is 1.